The first-order valence-electron chi connectivity index (χ1n) is 7.40. The van der Waals surface area contributed by atoms with Crippen LogP contribution in [0, 0.1) is 12.8 Å². The van der Waals surface area contributed by atoms with Gasteiger partial charge in [0.2, 0.25) is 0 Å². The number of carbonyl (C=O) groups is 2. The Morgan fingerprint density at radius 1 is 1.36 bits per heavy atom. The van der Waals surface area contributed by atoms with E-state index >= 15 is 0 Å². The van der Waals surface area contributed by atoms with Crippen LogP contribution in [0.5, 0.6) is 0 Å². The first kappa shape index (κ1) is 16.6. The minimum absolute atomic E-state index is 0.145. The number of amides is 1. The van der Waals surface area contributed by atoms with E-state index < -0.39 is 6.10 Å². The van der Waals surface area contributed by atoms with Crippen molar-refractivity contribution < 1.29 is 14.3 Å². The van der Waals surface area contributed by atoms with Crippen molar-refractivity contribution in [1.82, 2.24) is 0 Å². The Labute approximate surface area is 135 Å². The summed E-state index contributed by atoms with van der Waals surface area (Å²) in [6.07, 6.45) is 5.54. The highest BCUT2D eigenvalue weighted by Gasteiger charge is 2.25. The number of carbonyl (C=O) groups excluding carboxylic acids is 2. The predicted octanol–water partition coefficient (Wildman–Crippen LogP) is 3.87. The molecule has 1 N–H and O–H groups in total. The van der Waals surface area contributed by atoms with Crippen molar-refractivity contribution in [2.24, 2.45) is 5.92 Å². The zero-order valence-electron chi connectivity index (χ0n) is 12.8. The Morgan fingerprint density at radius 2 is 2.14 bits per heavy atom. The minimum atomic E-state index is -0.836. The minimum Gasteiger partial charge on any atom is -0.452 e. The normalized spacial score (nSPS) is 18.6. The van der Waals surface area contributed by atoms with Crippen molar-refractivity contribution in [3.63, 3.8) is 0 Å². The Balaban J connectivity index is 1.93. The van der Waals surface area contributed by atoms with Crippen LogP contribution in [0.3, 0.4) is 0 Å². The van der Waals surface area contributed by atoms with Gasteiger partial charge in [-0.2, -0.15) is 0 Å². The second-order valence-corrected chi connectivity index (χ2v) is 5.87. The maximum atomic E-state index is 12.1. The number of rotatable bonds is 4. The SMILES string of the molecule is Cc1c(Cl)cccc1NC(=O)[C@H](C)OC(=O)[C@@H]1CC=CCC1. The molecule has 0 aliphatic heterocycles. The van der Waals surface area contributed by atoms with E-state index in [-0.39, 0.29) is 17.8 Å². The maximum absolute atomic E-state index is 12.1. The van der Waals surface area contributed by atoms with Gasteiger partial charge in [-0.15, -0.1) is 0 Å². The van der Waals surface area contributed by atoms with Crippen molar-refractivity contribution in [2.45, 2.75) is 39.2 Å². The average molecular weight is 322 g/mol. The summed E-state index contributed by atoms with van der Waals surface area (Å²) < 4.78 is 5.28. The van der Waals surface area contributed by atoms with Gasteiger partial charge in [0.25, 0.3) is 5.91 Å². The molecule has 2 rings (SSSR count). The molecule has 0 spiro atoms. The first-order chi connectivity index (χ1) is 10.5. The standard InChI is InChI=1S/C17H20ClNO3/c1-11-14(18)9-6-10-15(11)19-16(20)12(2)22-17(21)13-7-4-3-5-8-13/h3-4,6,9-10,12-13H,5,7-8H2,1-2H3,(H,19,20)/t12-,13+/m0/s1. The fourth-order valence-electron chi connectivity index (χ4n) is 2.31. The van der Waals surface area contributed by atoms with Gasteiger partial charge in [-0.3, -0.25) is 9.59 Å². The third-order valence-electron chi connectivity index (χ3n) is 3.79. The molecule has 22 heavy (non-hydrogen) atoms. The van der Waals surface area contributed by atoms with Crippen molar-refractivity contribution in [2.75, 3.05) is 5.32 Å². The number of anilines is 1. The summed E-state index contributed by atoms with van der Waals surface area (Å²) in [6, 6.07) is 5.28. The molecule has 0 saturated carbocycles. The maximum Gasteiger partial charge on any atom is 0.310 e. The molecule has 1 amide bonds. The summed E-state index contributed by atoms with van der Waals surface area (Å²) >= 11 is 6.02. The highest BCUT2D eigenvalue weighted by Crippen LogP contribution is 2.24. The number of halogens is 1. The third kappa shape index (κ3) is 4.10. The molecule has 0 heterocycles. The number of hydrogen-bond donors (Lipinski definition) is 1. The number of benzene rings is 1. The van der Waals surface area contributed by atoms with Crippen molar-refractivity contribution in [3.05, 3.63) is 40.9 Å². The van der Waals surface area contributed by atoms with E-state index in [1.807, 2.05) is 13.0 Å². The molecule has 118 valence electrons. The van der Waals surface area contributed by atoms with E-state index in [1.54, 1.807) is 25.1 Å². The van der Waals surface area contributed by atoms with Crippen LogP contribution in [0.25, 0.3) is 0 Å². The smallest absolute Gasteiger partial charge is 0.310 e. The molecule has 1 aromatic carbocycles. The van der Waals surface area contributed by atoms with Gasteiger partial charge in [0.05, 0.1) is 5.92 Å². The molecule has 4 nitrogen and oxygen atoms in total. The summed E-state index contributed by atoms with van der Waals surface area (Å²) in [5, 5.41) is 3.32. The van der Waals surface area contributed by atoms with Crippen LogP contribution in [-0.2, 0) is 14.3 Å². The lowest BCUT2D eigenvalue weighted by Gasteiger charge is -2.20. The van der Waals surface area contributed by atoms with E-state index in [2.05, 4.69) is 11.4 Å². The average Bonchev–Trinajstić information content (AvgIpc) is 2.52. The van der Waals surface area contributed by atoms with Crippen LogP contribution >= 0.6 is 11.6 Å². The fraction of sp³-hybridized carbons (Fsp3) is 0.412. The van der Waals surface area contributed by atoms with Crippen molar-refractivity contribution >= 4 is 29.2 Å². The second kappa shape index (κ2) is 7.45. The zero-order valence-corrected chi connectivity index (χ0v) is 13.5. The highest BCUT2D eigenvalue weighted by molar-refractivity contribution is 6.31. The van der Waals surface area contributed by atoms with Gasteiger partial charge in [-0.25, -0.2) is 0 Å². The molecular weight excluding hydrogens is 302 g/mol. The van der Waals surface area contributed by atoms with Gasteiger partial charge < -0.3 is 10.1 Å². The molecule has 1 aliphatic rings. The molecule has 0 unspecified atom stereocenters. The van der Waals surface area contributed by atoms with Crippen LogP contribution in [0.1, 0.15) is 31.7 Å². The van der Waals surface area contributed by atoms with E-state index in [1.165, 1.54) is 0 Å². The lowest BCUT2D eigenvalue weighted by atomic mass is 9.95. The molecule has 1 aromatic rings. The van der Waals surface area contributed by atoms with E-state index in [9.17, 15) is 9.59 Å². The molecule has 0 radical (unpaired) electrons. The van der Waals surface area contributed by atoms with Crippen LogP contribution in [0.15, 0.2) is 30.4 Å². The van der Waals surface area contributed by atoms with Crippen LogP contribution in [0.4, 0.5) is 5.69 Å². The van der Waals surface area contributed by atoms with Crippen molar-refractivity contribution in [1.29, 1.82) is 0 Å². The van der Waals surface area contributed by atoms with E-state index in [0.29, 0.717) is 17.1 Å². The van der Waals surface area contributed by atoms with Crippen LogP contribution in [0.2, 0.25) is 5.02 Å². The zero-order chi connectivity index (χ0) is 16.1. The lowest BCUT2D eigenvalue weighted by molar-refractivity contribution is -0.157. The Morgan fingerprint density at radius 3 is 2.82 bits per heavy atom. The summed E-state index contributed by atoms with van der Waals surface area (Å²) in [5.41, 5.74) is 1.41. The number of ether oxygens (including phenoxy) is 1. The van der Waals surface area contributed by atoms with Crippen LogP contribution in [-0.4, -0.2) is 18.0 Å². The largest absolute Gasteiger partial charge is 0.452 e. The fourth-order valence-corrected chi connectivity index (χ4v) is 2.48. The number of esters is 1. The summed E-state index contributed by atoms with van der Waals surface area (Å²) in [7, 11) is 0. The van der Waals surface area contributed by atoms with Gasteiger partial charge in [0, 0.05) is 10.7 Å². The molecule has 0 saturated heterocycles. The Kier molecular flexibility index (Phi) is 5.61. The van der Waals surface area contributed by atoms with Gasteiger partial charge in [-0.05, 0) is 50.8 Å². The molecule has 2 atom stereocenters. The summed E-state index contributed by atoms with van der Waals surface area (Å²) in [6.45, 7) is 3.40. The van der Waals surface area contributed by atoms with Crippen LogP contribution < -0.4 is 5.32 Å². The molecular formula is C17H20ClNO3. The van der Waals surface area contributed by atoms with E-state index in [0.717, 1.165) is 18.4 Å². The Hall–Kier alpha value is -1.81. The van der Waals surface area contributed by atoms with Gasteiger partial charge >= 0.3 is 5.97 Å². The molecule has 0 fully saturated rings. The summed E-state index contributed by atoms with van der Waals surface area (Å²) in [4.78, 5) is 24.2. The third-order valence-corrected chi connectivity index (χ3v) is 4.20. The van der Waals surface area contributed by atoms with Gasteiger partial charge in [-0.1, -0.05) is 29.8 Å². The molecule has 0 bridgehead atoms. The van der Waals surface area contributed by atoms with Gasteiger partial charge in [0.1, 0.15) is 0 Å². The number of allylic oxidation sites excluding steroid dienone is 2. The highest BCUT2D eigenvalue weighted by atomic mass is 35.5. The first-order valence-corrected chi connectivity index (χ1v) is 7.78. The second-order valence-electron chi connectivity index (χ2n) is 5.46. The van der Waals surface area contributed by atoms with Gasteiger partial charge in [0.15, 0.2) is 6.10 Å². The monoisotopic (exact) mass is 321 g/mol. The number of hydrogen-bond acceptors (Lipinski definition) is 3. The molecule has 0 aromatic heterocycles. The quantitative estimate of drug-likeness (QED) is 0.676. The molecule has 1 aliphatic carbocycles. The number of nitrogens with one attached hydrogen (secondary N) is 1. The topological polar surface area (TPSA) is 55.4 Å². The van der Waals surface area contributed by atoms with Crippen molar-refractivity contribution in [3.8, 4) is 0 Å². The summed E-state index contributed by atoms with van der Waals surface area (Å²) in [5.74, 6) is -0.812. The molecule has 5 heteroatoms. The Bertz CT molecular complexity index is 598. The van der Waals surface area contributed by atoms with E-state index in [4.69, 9.17) is 16.3 Å². The predicted molar refractivity (Wildman–Crippen MR) is 86.9 cm³/mol. The lowest BCUT2D eigenvalue weighted by Crippen LogP contribution is -2.32.